The van der Waals surface area contributed by atoms with Gasteiger partial charge < -0.3 is 106 Å². The first-order chi connectivity index (χ1) is 35.5. The molecule has 2 fully saturated rings. The number of dihydropyridines is 1. The number of rotatable bonds is 8. The zero-order valence-corrected chi connectivity index (χ0v) is 39.1. The van der Waals surface area contributed by atoms with Crippen molar-refractivity contribution < 1.29 is 99.3 Å². The van der Waals surface area contributed by atoms with Gasteiger partial charge in [0.1, 0.15) is 46.0 Å². The molecule has 24 nitrogen and oxygen atoms in total. The zero-order chi connectivity index (χ0) is 53.8. The van der Waals surface area contributed by atoms with Crippen LogP contribution in [0.5, 0.6) is 23.0 Å². The lowest BCUT2D eigenvalue weighted by molar-refractivity contribution is -0.432. The average Bonchev–Trinajstić information content (AvgIpc) is 3.77. The second-order valence-electron chi connectivity index (χ2n) is 19.1. The Labute approximate surface area is 422 Å². The normalized spacial score (nSPS) is 33.3. The first-order valence-corrected chi connectivity index (χ1v) is 23.4. The van der Waals surface area contributed by atoms with Crippen molar-refractivity contribution in [2.45, 2.75) is 109 Å². The summed E-state index contributed by atoms with van der Waals surface area (Å²) in [6.07, 6.45) is -8.35. The van der Waals surface area contributed by atoms with E-state index in [2.05, 4.69) is 28.1 Å². The van der Waals surface area contributed by atoms with E-state index in [0.717, 1.165) is 18.2 Å². The number of hydrogen-bond donors (Lipinski definition) is 16. The SMILES string of the molecule is NC1C=CC([C@H]2C=C3Cc4[nH]ccc4C#CC[C@]4(O)[C@H](O)[C@@H](O)[C@@]3(Oc3cc5oc(-c6cc(O)c(O)c(CCO)c6)cc(=O)c5c(O)c32)O[C@@]42CC#C[C@]3(C(=O)O)O[C@](CCCO)(OC2=O)[C@H](O)[C@@H](O)C3(O)O)=CN1. The summed E-state index contributed by atoms with van der Waals surface area (Å²) in [6, 6.07) is 6.07. The van der Waals surface area contributed by atoms with E-state index in [0.29, 0.717) is 11.3 Å². The van der Waals surface area contributed by atoms with Crippen LogP contribution in [0.1, 0.15) is 54.0 Å². The number of ether oxygens (including phenoxy) is 4. The maximum atomic E-state index is 15.6. The first-order valence-electron chi connectivity index (χ1n) is 23.4. The molecule has 8 heterocycles. The number of H-pyrrole nitrogens is 1. The fourth-order valence-corrected chi connectivity index (χ4v) is 10.7. The van der Waals surface area contributed by atoms with Gasteiger partial charge in [-0.2, -0.15) is 0 Å². The molecule has 2 saturated heterocycles. The molecule has 2 aromatic heterocycles. The number of nitrogens with one attached hydrogen (secondary N) is 2. The number of aromatic nitrogens is 1. The summed E-state index contributed by atoms with van der Waals surface area (Å²) in [5.41, 5.74) is -4.83. The number of carbonyl (C=O) groups is 2. The summed E-state index contributed by atoms with van der Waals surface area (Å²) in [5.74, 6) is -8.44. The Bertz CT molecular complexity index is 3360. The van der Waals surface area contributed by atoms with Crippen LogP contribution in [0.25, 0.3) is 22.3 Å². The highest BCUT2D eigenvalue weighted by atomic mass is 16.8. The van der Waals surface area contributed by atoms with Crippen LogP contribution in [-0.4, -0.2) is 161 Å². The van der Waals surface area contributed by atoms with E-state index >= 15 is 4.79 Å². The quantitative estimate of drug-likeness (QED) is 0.0292. The van der Waals surface area contributed by atoms with Crippen LogP contribution in [0.15, 0.2) is 81.3 Å². The predicted molar refractivity (Wildman–Crippen MR) is 251 cm³/mol. The maximum absolute atomic E-state index is 15.6. The van der Waals surface area contributed by atoms with Gasteiger partial charge in [0.05, 0.1) is 12.6 Å². The van der Waals surface area contributed by atoms with E-state index in [1.165, 1.54) is 24.5 Å². The van der Waals surface area contributed by atoms with E-state index < -0.39 is 167 Å². The third-order valence-corrected chi connectivity index (χ3v) is 14.7. The maximum Gasteiger partial charge on any atom is 0.354 e. The molecule has 1 unspecified atom stereocenters. The highest BCUT2D eigenvalue weighted by molar-refractivity contribution is 5.90. The number of carboxylic acids is 1. The van der Waals surface area contributed by atoms with Crippen molar-refractivity contribution in [2.24, 2.45) is 5.73 Å². The van der Waals surface area contributed by atoms with Gasteiger partial charge in [-0.3, -0.25) is 4.79 Å². The Hall–Kier alpha value is -7.27. The predicted octanol–water partition coefficient (Wildman–Crippen LogP) is -2.24. The number of aromatic amines is 1. The summed E-state index contributed by atoms with van der Waals surface area (Å²) in [5, 5.41) is 150. The Morgan fingerprint density at radius 3 is 2.37 bits per heavy atom. The van der Waals surface area contributed by atoms with Gasteiger partial charge in [0, 0.05) is 96.4 Å². The van der Waals surface area contributed by atoms with E-state index in [1.54, 1.807) is 18.2 Å². The van der Waals surface area contributed by atoms with Gasteiger partial charge in [-0.15, -0.1) is 0 Å². The third-order valence-electron chi connectivity index (χ3n) is 14.7. The van der Waals surface area contributed by atoms with Crippen molar-refractivity contribution in [1.29, 1.82) is 0 Å². The lowest BCUT2D eigenvalue weighted by Gasteiger charge is -2.58. The minimum atomic E-state index is -3.99. The number of allylic oxidation sites excluding steroid dienone is 3. The topological polar surface area (TPSA) is 418 Å². The van der Waals surface area contributed by atoms with E-state index in [1.807, 2.05) is 5.92 Å². The minimum absolute atomic E-state index is 0.0261. The number of fused-ring (bicyclic) bond motifs is 6. The molecular formula is C51H49N3O21. The van der Waals surface area contributed by atoms with Crippen LogP contribution >= 0.6 is 0 Å². The number of phenols is 3. The summed E-state index contributed by atoms with van der Waals surface area (Å²) in [7, 11) is 0. The number of aliphatic hydroxyl groups is 9. The fourth-order valence-electron chi connectivity index (χ4n) is 10.7. The largest absolute Gasteiger partial charge is 0.507 e. The molecule has 0 amide bonds. The number of esters is 1. The Balaban J connectivity index is 1.27. The summed E-state index contributed by atoms with van der Waals surface area (Å²) in [4.78, 5) is 46.2. The number of carboxylic acid groups (broad SMARTS) is 1. The highest BCUT2D eigenvalue weighted by Crippen LogP contribution is 2.57. The molecule has 7 aliphatic rings. The van der Waals surface area contributed by atoms with Crippen molar-refractivity contribution in [2.75, 3.05) is 13.2 Å². The standard InChI is InChI=1S/C51H49N3O21/c52-35-6-5-25(22-54-35)28-18-27-19-29-23(7-13-53-29)4-1-9-46(68)40(61)42(63)50(27,72-34-21-33-37(39(60)36(28)34)30(57)20-32(71-33)26-16-24(8-15-56)38(59)31(58)17-26)75-48(46)11-2-10-47(44(65)66)51(69,70)43(64)41(62)49(74-47,12-3-14-55)73-45(48)67/h5-7,13,16-18,20-22,28,35,40-43,53-56,58-64,68-70H,3,8-9,11-12,14-15,19,52H2,(H,65,66)/t28-,35?,40-,41-,42-,43-,46+,47-,48-,49+,50+/m1/s1. The fraction of sp³-hybridized carbons (Fsp3) is 0.392. The second-order valence-corrected chi connectivity index (χ2v) is 19.1. The number of phenolic OH excluding ortho intramolecular Hbond substituents is 3. The number of aliphatic carboxylic acids is 1. The van der Waals surface area contributed by atoms with Crippen LogP contribution in [-0.2, 0) is 36.6 Å². The third kappa shape index (κ3) is 7.45. The highest BCUT2D eigenvalue weighted by Gasteiger charge is 2.78. The number of aliphatic hydroxyl groups excluding tert-OH is 6. The number of hydrogen-bond acceptors (Lipinski definition) is 22. The number of nitrogens with two attached hydrogens (primary N) is 1. The van der Waals surface area contributed by atoms with Gasteiger partial charge in [0.2, 0.25) is 17.2 Å². The number of carbonyl (C=O) groups excluding carboxylic acids is 1. The summed E-state index contributed by atoms with van der Waals surface area (Å²) in [6.45, 7) is -1.19. The van der Waals surface area contributed by atoms with Crippen LogP contribution < -0.4 is 21.2 Å². The smallest absolute Gasteiger partial charge is 0.354 e. The summed E-state index contributed by atoms with van der Waals surface area (Å²) < 4.78 is 31.5. The summed E-state index contributed by atoms with van der Waals surface area (Å²) >= 11 is 0. The molecule has 394 valence electrons. The zero-order valence-electron chi connectivity index (χ0n) is 39.1. The van der Waals surface area contributed by atoms with Crippen LogP contribution in [0, 0.1) is 23.7 Å². The molecule has 2 aromatic carbocycles. The Kier molecular flexibility index (Phi) is 12.3. The average molecular weight is 1040 g/mol. The molecule has 4 aromatic rings. The van der Waals surface area contributed by atoms with E-state index in [9.17, 15) is 76.0 Å². The molecule has 11 atom stereocenters. The lowest BCUT2D eigenvalue weighted by Crippen LogP contribution is -2.81. The van der Waals surface area contributed by atoms with Crippen molar-refractivity contribution >= 4 is 22.9 Å². The molecule has 6 aliphatic heterocycles. The second kappa shape index (κ2) is 18.0. The minimum Gasteiger partial charge on any atom is -0.507 e. The molecule has 0 saturated carbocycles. The van der Waals surface area contributed by atoms with Crippen molar-refractivity contribution in [3.63, 3.8) is 0 Å². The molecular weight excluding hydrogens is 991 g/mol. The number of benzene rings is 2. The van der Waals surface area contributed by atoms with Crippen molar-refractivity contribution in [1.82, 2.24) is 10.3 Å². The number of aromatic hydroxyl groups is 3. The van der Waals surface area contributed by atoms with Crippen LogP contribution in [0.4, 0.5) is 0 Å². The molecule has 75 heavy (non-hydrogen) atoms. The Morgan fingerprint density at radius 1 is 0.893 bits per heavy atom. The van der Waals surface area contributed by atoms with Gasteiger partial charge in [-0.1, -0.05) is 29.9 Å². The first kappa shape index (κ1) is 51.2. The van der Waals surface area contributed by atoms with Crippen LogP contribution in [0.3, 0.4) is 0 Å². The van der Waals surface area contributed by atoms with Gasteiger partial charge in [-0.25, -0.2) is 9.59 Å². The molecule has 24 heteroatoms. The van der Waals surface area contributed by atoms with Crippen molar-refractivity contribution in [3.8, 4) is 58.0 Å². The van der Waals surface area contributed by atoms with Crippen molar-refractivity contribution in [3.05, 3.63) is 105 Å². The lowest BCUT2D eigenvalue weighted by atomic mass is 9.67. The van der Waals surface area contributed by atoms with Gasteiger partial charge in [0.25, 0.3) is 11.4 Å². The van der Waals surface area contributed by atoms with E-state index in [4.69, 9.17) is 29.1 Å². The Morgan fingerprint density at radius 2 is 1.67 bits per heavy atom. The molecule has 1 aliphatic carbocycles. The molecule has 4 bridgehead atoms. The molecule has 11 rings (SSSR count). The monoisotopic (exact) mass is 1040 g/mol. The van der Waals surface area contributed by atoms with Gasteiger partial charge in [0.15, 0.2) is 29.1 Å². The molecule has 0 radical (unpaired) electrons. The van der Waals surface area contributed by atoms with Gasteiger partial charge in [-0.05, 0) is 48.6 Å². The molecule has 2 spiro atoms. The molecule has 17 N–H and O–H groups in total. The van der Waals surface area contributed by atoms with Crippen LogP contribution in [0.2, 0.25) is 0 Å². The van der Waals surface area contributed by atoms with Gasteiger partial charge >= 0.3 is 11.9 Å². The van der Waals surface area contributed by atoms with E-state index in [-0.39, 0.29) is 40.0 Å².